The van der Waals surface area contributed by atoms with Crippen LogP contribution in [-0.2, 0) is 14.2 Å². The molecule has 0 aromatic carbocycles. The van der Waals surface area contributed by atoms with E-state index in [1.807, 2.05) is 36.3 Å². The van der Waals surface area contributed by atoms with E-state index >= 15 is 0 Å². The van der Waals surface area contributed by atoms with Crippen molar-refractivity contribution in [1.82, 2.24) is 29.5 Å². The molecule has 1 amide bonds. The fraction of sp³-hybridized carbons (Fsp3) is 0.615. The smallest absolute Gasteiger partial charge is 0.410 e. The minimum Gasteiger partial charge on any atom is -0.444 e. The predicted molar refractivity (Wildman–Crippen MR) is 220 cm³/mol. The molecule has 2 unspecified atom stereocenters. The molecular formula is C39H57F2N7O4SSi2. The number of halogens is 2. The molecule has 0 N–H and O–H groups in total. The highest BCUT2D eigenvalue weighted by Gasteiger charge is 2.45. The summed E-state index contributed by atoms with van der Waals surface area (Å²) in [6.07, 6.45) is 5.36. The number of nitrogens with zero attached hydrogens (tertiary/aromatic N) is 7. The van der Waals surface area contributed by atoms with Gasteiger partial charge in [-0.2, -0.15) is 9.61 Å². The number of piperidine rings is 1. The largest absolute Gasteiger partial charge is 0.444 e. The monoisotopic (exact) mass is 813 g/mol. The zero-order valence-electron chi connectivity index (χ0n) is 33.8. The van der Waals surface area contributed by atoms with E-state index in [-0.39, 0.29) is 29.0 Å². The molecule has 0 radical (unpaired) electrons. The first-order chi connectivity index (χ1) is 25.8. The van der Waals surface area contributed by atoms with Gasteiger partial charge in [-0.1, -0.05) is 45.3 Å². The Morgan fingerprint density at radius 2 is 1.58 bits per heavy atom. The van der Waals surface area contributed by atoms with Gasteiger partial charge in [0, 0.05) is 82.6 Å². The number of carbonyl (C=O) groups excluding carboxylic acids is 1. The fourth-order valence-electron chi connectivity index (χ4n) is 7.10. The van der Waals surface area contributed by atoms with E-state index in [0.717, 1.165) is 71.7 Å². The van der Waals surface area contributed by atoms with E-state index in [2.05, 4.69) is 60.2 Å². The van der Waals surface area contributed by atoms with Crippen LogP contribution in [0, 0.1) is 0 Å². The summed E-state index contributed by atoms with van der Waals surface area (Å²) in [7, 11) is -2.62. The molecule has 2 aliphatic heterocycles. The number of aromatic nitrogens is 5. The summed E-state index contributed by atoms with van der Waals surface area (Å²) in [4.78, 5) is 31.4. The zero-order chi connectivity index (χ0) is 39.7. The Bertz CT molecular complexity index is 1890. The molecular weight excluding hydrogens is 757 g/mol. The molecule has 6 rings (SSSR count). The highest BCUT2D eigenvalue weighted by atomic mass is 32.1. The molecule has 0 saturated carbocycles. The van der Waals surface area contributed by atoms with Crippen LogP contribution >= 0.6 is 11.3 Å². The lowest BCUT2D eigenvalue weighted by Gasteiger charge is -2.39. The maximum atomic E-state index is 13.3. The maximum Gasteiger partial charge on any atom is 0.410 e. The van der Waals surface area contributed by atoms with E-state index < -0.39 is 28.2 Å². The Hall–Kier alpha value is -3.32. The molecule has 2 fully saturated rings. The third-order valence-corrected chi connectivity index (χ3v) is 14.5. The summed E-state index contributed by atoms with van der Waals surface area (Å²) >= 11 is 0.941. The number of anilines is 1. The topological polar surface area (TPSA) is 107 Å². The van der Waals surface area contributed by atoms with E-state index in [1.165, 1.54) is 6.20 Å². The third kappa shape index (κ3) is 10.6. The number of alkyl halides is 2. The van der Waals surface area contributed by atoms with Gasteiger partial charge in [0.05, 0.1) is 16.8 Å². The van der Waals surface area contributed by atoms with Gasteiger partial charge in [-0.3, -0.25) is 4.98 Å². The fourth-order valence-corrected chi connectivity index (χ4v) is 9.36. The maximum absolute atomic E-state index is 13.3. The molecule has 0 spiro atoms. The van der Waals surface area contributed by atoms with Gasteiger partial charge in [0.2, 0.25) is 0 Å². The van der Waals surface area contributed by atoms with Crippen LogP contribution in [0.1, 0.15) is 69.4 Å². The lowest BCUT2D eigenvalue weighted by molar-refractivity contribution is 0.00568. The first-order valence-electron chi connectivity index (χ1n) is 19.4. The summed E-state index contributed by atoms with van der Waals surface area (Å²) in [6, 6.07) is 8.08. The molecule has 4 aromatic heterocycles. The molecule has 4 aromatic rings. The van der Waals surface area contributed by atoms with Crippen molar-refractivity contribution in [3.8, 4) is 21.8 Å². The van der Waals surface area contributed by atoms with Gasteiger partial charge >= 0.3 is 6.09 Å². The summed E-state index contributed by atoms with van der Waals surface area (Å²) in [5, 5.41) is 5.32. The number of hydrogen-bond acceptors (Lipinski definition) is 10. The highest BCUT2D eigenvalue weighted by molar-refractivity contribution is 7.15. The van der Waals surface area contributed by atoms with Gasteiger partial charge in [0.1, 0.15) is 29.9 Å². The molecule has 2 saturated heterocycles. The van der Waals surface area contributed by atoms with Crippen LogP contribution in [0.2, 0.25) is 51.4 Å². The number of fused-ring (bicyclic) bond motifs is 3. The quantitative estimate of drug-likeness (QED) is 0.0659. The molecule has 3 atom stereocenters. The molecule has 300 valence electrons. The summed E-state index contributed by atoms with van der Waals surface area (Å²) < 4.78 is 46.9. The van der Waals surface area contributed by atoms with Crippen molar-refractivity contribution in [2.24, 2.45) is 0 Å². The molecule has 2 aliphatic rings. The lowest BCUT2D eigenvalue weighted by Crippen LogP contribution is -2.48. The number of carbonyl (C=O) groups is 1. The zero-order valence-corrected chi connectivity index (χ0v) is 36.6. The Kier molecular flexibility index (Phi) is 12.5. The van der Waals surface area contributed by atoms with Crippen LogP contribution < -0.4 is 4.90 Å². The highest BCUT2D eigenvalue weighted by Crippen LogP contribution is 2.44. The molecule has 16 heteroatoms. The van der Waals surface area contributed by atoms with Crippen LogP contribution in [-0.4, -0.2) is 96.1 Å². The molecule has 55 heavy (non-hydrogen) atoms. The standard InChI is InChI=1S/C39H57F2N7O4SSi2/c1-39(2,3)52-38(49)47-28-11-12-29(47)19-27(18-28)32-20-34(46(24-50-14-16-54(4,5)6)25-51-15-17-55(7,8)9)48-36(45-32)30(22-44-48)26-10-13-31(42-21-26)37-43-23-33(53-37)35(40)41/h10,13,20-23,27-29,35H,11-12,14-19,24-25H2,1-9H3/t27?,28-,29?/m1/s1. The van der Waals surface area contributed by atoms with E-state index in [0.29, 0.717) is 43.0 Å². The van der Waals surface area contributed by atoms with Crippen LogP contribution in [0.5, 0.6) is 0 Å². The second-order valence-corrected chi connectivity index (χ2v) is 30.6. The molecule has 11 nitrogen and oxygen atoms in total. The molecule has 2 bridgehead atoms. The second-order valence-electron chi connectivity index (χ2n) is 18.3. The van der Waals surface area contributed by atoms with Crippen molar-refractivity contribution < 1.29 is 27.8 Å². The van der Waals surface area contributed by atoms with Crippen molar-refractivity contribution in [3.05, 3.63) is 47.4 Å². The average Bonchev–Trinajstić information content (AvgIpc) is 3.82. The Morgan fingerprint density at radius 1 is 0.945 bits per heavy atom. The number of thiazole rings is 1. The number of amides is 1. The second kappa shape index (κ2) is 16.7. The van der Waals surface area contributed by atoms with Gasteiger partial charge in [-0.05, 0) is 64.6 Å². The SMILES string of the molecule is CC(C)(C)OC(=O)N1C2CC[C@@H]1CC(c1cc(N(COCC[Si](C)(C)C)COCC[Si](C)(C)C)n3ncc(-c4ccc(-c5ncc(C(F)F)s5)nc4)c3n1)C2. The third-order valence-electron chi connectivity index (χ3n) is 10.1. The van der Waals surface area contributed by atoms with Crippen LogP contribution in [0.4, 0.5) is 19.4 Å². The Balaban J connectivity index is 1.36. The Morgan fingerprint density at radius 3 is 2.11 bits per heavy atom. The summed E-state index contributed by atoms with van der Waals surface area (Å²) in [5.41, 5.74) is 3.16. The van der Waals surface area contributed by atoms with E-state index in [1.54, 1.807) is 18.5 Å². The normalized spacial score (nSPS) is 19.1. The lowest BCUT2D eigenvalue weighted by atomic mass is 9.88. The van der Waals surface area contributed by atoms with Crippen molar-refractivity contribution >= 4 is 45.0 Å². The number of ether oxygens (including phenoxy) is 3. The first kappa shape index (κ1) is 41.3. The minimum absolute atomic E-state index is 0.0727. The van der Waals surface area contributed by atoms with E-state index in [9.17, 15) is 13.6 Å². The summed E-state index contributed by atoms with van der Waals surface area (Å²) in [6.45, 7) is 21.8. The van der Waals surface area contributed by atoms with Crippen LogP contribution in [0.25, 0.3) is 27.5 Å². The van der Waals surface area contributed by atoms with Gasteiger partial charge in [-0.25, -0.2) is 23.5 Å². The van der Waals surface area contributed by atoms with Crippen molar-refractivity contribution in [2.45, 2.75) is 128 Å². The van der Waals surface area contributed by atoms with Gasteiger partial charge in [0.15, 0.2) is 5.65 Å². The van der Waals surface area contributed by atoms with Crippen LogP contribution in [0.3, 0.4) is 0 Å². The number of hydrogen-bond donors (Lipinski definition) is 0. The average molecular weight is 814 g/mol. The summed E-state index contributed by atoms with van der Waals surface area (Å²) in [5.74, 6) is 0.931. The Labute approximate surface area is 329 Å². The minimum atomic E-state index is -2.57. The van der Waals surface area contributed by atoms with Crippen LogP contribution in [0.15, 0.2) is 36.8 Å². The molecule has 6 heterocycles. The number of rotatable bonds is 15. The first-order valence-corrected chi connectivity index (χ1v) is 27.6. The van der Waals surface area contributed by atoms with Crippen molar-refractivity contribution in [3.63, 3.8) is 0 Å². The van der Waals surface area contributed by atoms with Crippen molar-refractivity contribution in [1.29, 1.82) is 0 Å². The van der Waals surface area contributed by atoms with Gasteiger partial charge in [0.25, 0.3) is 6.43 Å². The van der Waals surface area contributed by atoms with Crippen molar-refractivity contribution in [2.75, 3.05) is 31.6 Å². The van der Waals surface area contributed by atoms with E-state index in [4.69, 9.17) is 24.3 Å². The predicted octanol–water partition coefficient (Wildman–Crippen LogP) is 9.93. The number of pyridine rings is 1. The van der Waals surface area contributed by atoms with Gasteiger partial charge in [-0.15, -0.1) is 11.3 Å². The molecule has 0 aliphatic carbocycles. The van der Waals surface area contributed by atoms with Gasteiger partial charge < -0.3 is 24.0 Å².